The number of hydrazone groups is 1. The number of carbonyl (C=O) groups excluding carboxylic acids is 3. The second kappa shape index (κ2) is 9.84. The van der Waals surface area contributed by atoms with Crippen LogP contribution in [0.15, 0.2) is 71.8 Å². The van der Waals surface area contributed by atoms with Crippen LogP contribution < -0.4 is 25.5 Å². The second-order valence-electron chi connectivity index (χ2n) is 6.77. The zero-order valence-corrected chi connectivity index (χ0v) is 17.8. The minimum absolute atomic E-state index is 0.145. The summed E-state index contributed by atoms with van der Waals surface area (Å²) in [6, 6.07) is 18.0. The molecule has 0 aromatic heterocycles. The molecule has 3 aromatic rings. The highest BCUT2D eigenvalue weighted by Gasteiger charge is 2.18. The van der Waals surface area contributed by atoms with Crippen molar-refractivity contribution >= 4 is 46.9 Å². The van der Waals surface area contributed by atoms with Crippen molar-refractivity contribution < 1.29 is 23.9 Å². The molecule has 0 radical (unpaired) electrons. The largest absolute Gasteiger partial charge is 0.454 e. The van der Waals surface area contributed by atoms with Gasteiger partial charge in [-0.2, -0.15) is 5.10 Å². The minimum atomic E-state index is -1.00. The summed E-state index contributed by atoms with van der Waals surface area (Å²) in [6.45, 7) is 0.145. The first-order valence-corrected chi connectivity index (χ1v) is 10.1. The molecule has 3 N–H and O–H groups in total. The van der Waals surface area contributed by atoms with Gasteiger partial charge in [-0.1, -0.05) is 23.7 Å². The van der Waals surface area contributed by atoms with Crippen molar-refractivity contribution in [3.8, 4) is 11.5 Å². The number of carbonyl (C=O) groups is 3. The van der Waals surface area contributed by atoms with Crippen molar-refractivity contribution in [2.45, 2.75) is 0 Å². The molecule has 0 saturated heterocycles. The number of hydrogen-bond acceptors (Lipinski definition) is 6. The highest BCUT2D eigenvalue weighted by molar-refractivity contribution is 6.40. The molecule has 1 aliphatic heterocycles. The molecule has 3 aromatic carbocycles. The molecular weight excluding hydrogens is 448 g/mol. The van der Waals surface area contributed by atoms with Crippen LogP contribution >= 0.6 is 11.6 Å². The first-order valence-electron chi connectivity index (χ1n) is 9.69. The zero-order chi connectivity index (χ0) is 23.2. The van der Waals surface area contributed by atoms with Gasteiger partial charge < -0.3 is 20.1 Å². The van der Waals surface area contributed by atoms with E-state index in [1.165, 1.54) is 18.3 Å². The molecular formula is C23H17ClN4O5. The van der Waals surface area contributed by atoms with Gasteiger partial charge in [0, 0.05) is 10.7 Å². The van der Waals surface area contributed by atoms with Gasteiger partial charge in [0.05, 0.1) is 17.5 Å². The Morgan fingerprint density at radius 3 is 2.45 bits per heavy atom. The number of para-hydroxylation sites is 1. The Hall–Kier alpha value is -4.37. The summed E-state index contributed by atoms with van der Waals surface area (Å²) < 4.78 is 10.5. The number of benzene rings is 3. The smallest absolute Gasteiger partial charge is 0.329 e. The fraction of sp³-hybridized carbons (Fsp3) is 0.0435. The van der Waals surface area contributed by atoms with Gasteiger partial charge in [0.15, 0.2) is 11.5 Å². The predicted octanol–water partition coefficient (Wildman–Crippen LogP) is 3.41. The van der Waals surface area contributed by atoms with Crippen molar-refractivity contribution in [1.29, 1.82) is 0 Å². The van der Waals surface area contributed by atoms with E-state index in [9.17, 15) is 14.4 Å². The molecule has 10 heteroatoms. The molecule has 0 fully saturated rings. The Labute approximate surface area is 193 Å². The van der Waals surface area contributed by atoms with Crippen molar-refractivity contribution in [3.05, 3.63) is 82.9 Å². The van der Waals surface area contributed by atoms with E-state index in [0.717, 1.165) is 0 Å². The molecule has 0 atom stereocenters. The lowest BCUT2D eigenvalue weighted by Crippen LogP contribution is -2.33. The number of anilines is 2. The van der Waals surface area contributed by atoms with Gasteiger partial charge in [-0.05, 0) is 60.2 Å². The molecule has 1 aliphatic rings. The van der Waals surface area contributed by atoms with Crippen LogP contribution in [0.2, 0.25) is 5.02 Å². The zero-order valence-electron chi connectivity index (χ0n) is 17.0. The van der Waals surface area contributed by atoms with Crippen LogP contribution in [-0.2, 0) is 9.59 Å². The molecule has 0 unspecified atom stereocenters. The summed E-state index contributed by atoms with van der Waals surface area (Å²) >= 11 is 5.85. The van der Waals surface area contributed by atoms with E-state index in [4.69, 9.17) is 21.1 Å². The average molecular weight is 465 g/mol. The van der Waals surface area contributed by atoms with Gasteiger partial charge in [0.2, 0.25) is 6.79 Å². The Kier molecular flexibility index (Phi) is 6.51. The van der Waals surface area contributed by atoms with Crippen LogP contribution in [0.25, 0.3) is 0 Å². The third-order valence-electron chi connectivity index (χ3n) is 4.50. The quantitative estimate of drug-likeness (QED) is 0.304. The topological polar surface area (TPSA) is 118 Å². The summed E-state index contributed by atoms with van der Waals surface area (Å²) in [7, 11) is 0. The van der Waals surface area contributed by atoms with Crippen LogP contribution in [0.4, 0.5) is 11.4 Å². The SMILES string of the molecule is O=C(N/N=C/c1ccc2c(c1)OCO2)C(=O)Nc1ccccc1C(=O)Nc1ccc(Cl)cc1. The van der Waals surface area contributed by atoms with E-state index in [2.05, 4.69) is 21.2 Å². The molecule has 1 heterocycles. The van der Waals surface area contributed by atoms with Gasteiger partial charge in [0.25, 0.3) is 5.91 Å². The van der Waals surface area contributed by atoms with Crippen molar-refractivity contribution in [2.75, 3.05) is 17.4 Å². The highest BCUT2D eigenvalue weighted by Crippen LogP contribution is 2.31. The molecule has 166 valence electrons. The van der Waals surface area contributed by atoms with Crippen LogP contribution in [0, 0.1) is 0 Å². The molecule has 3 amide bonds. The summed E-state index contributed by atoms with van der Waals surface area (Å²) in [5.41, 5.74) is 3.67. The van der Waals surface area contributed by atoms with Gasteiger partial charge in [-0.25, -0.2) is 5.43 Å². The van der Waals surface area contributed by atoms with Crippen LogP contribution in [0.3, 0.4) is 0 Å². The standard InChI is InChI=1S/C23H17ClN4O5/c24-15-6-8-16(9-7-15)26-21(29)17-3-1-2-4-18(17)27-22(30)23(31)28-25-12-14-5-10-19-20(11-14)33-13-32-19/h1-12H,13H2,(H,26,29)(H,27,30)(H,28,31)/b25-12+. The summed E-state index contributed by atoms with van der Waals surface area (Å²) in [5, 5.41) is 9.45. The number of amides is 3. The van der Waals surface area contributed by atoms with Crippen molar-refractivity contribution in [1.82, 2.24) is 5.43 Å². The van der Waals surface area contributed by atoms with Gasteiger partial charge >= 0.3 is 11.8 Å². The lowest BCUT2D eigenvalue weighted by molar-refractivity contribution is -0.136. The van der Waals surface area contributed by atoms with E-state index in [-0.39, 0.29) is 18.0 Å². The van der Waals surface area contributed by atoms with Gasteiger partial charge in [0.1, 0.15) is 0 Å². The third-order valence-corrected chi connectivity index (χ3v) is 4.76. The molecule has 0 saturated carbocycles. The first kappa shape index (κ1) is 21.8. The van der Waals surface area contributed by atoms with Crippen LogP contribution in [0.5, 0.6) is 11.5 Å². The lowest BCUT2D eigenvalue weighted by Gasteiger charge is -2.11. The van der Waals surface area contributed by atoms with E-state index in [0.29, 0.717) is 27.8 Å². The Bertz CT molecular complexity index is 1240. The molecule has 9 nitrogen and oxygen atoms in total. The molecule has 0 spiro atoms. The number of ether oxygens (including phenoxy) is 2. The summed E-state index contributed by atoms with van der Waals surface area (Å²) in [6.07, 6.45) is 1.36. The number of halogens is 1. The maximum Gasteiger partial charge on any atom is 0.329 e. The van der Waals surface area contributed by atoms with Gasteiger partial charge in [-0.3, -0.25) is 14.4 Å². The normalized spacial score (nSPS) is 11.8. The number of nitrogens with one attached hydrogen (secondary N) is 3. The monoisotopic (exact) mass is 464 g/mol. The average Bonchev–Trinajstić information content (AvgIpc) is 3.29. The van der Waals surface area contributed by atoms with Crippen molar-refractivity contribution in [2.24, 2.45) is 5.10 Å². The lowest BCUT2D eigenvalue weighted by atomic mass is 10.1. The maximum atomic E-state index is 12.6. The predicted molar refractivity (Wildman–Crippen MR) is 123 cm³/mol. The molecule has 4 rings (SSSR count). The molecule has 0 aliphatic carbocycles. The number of nitrogens with zero attached hydrogens (tertiary/aromatic N) is 1. The van der Waals surface area contributed by atoms with Crippen LogP contribution in [0.1, 0.15) is 15.9 Å². The van der Waals surface area contributed by atoms with E-state index in [1.807, 2.05) is 0 Å². The van der Waals surface area contributed by atoms with E-state index in [1.54, 1.807) is 54.6 Å². The first-order chi connectivity index (χ1) is 16.0. The Morgan fingerprint density at radius 1 is 0.879 bits per heavy atom. The molecule has 33 heavy (non-hydrogen) atoms. The highest BCUT2D eigenvalue weighted by atomic mass is 35.5. The maximum absolute atomic E-state index is 12.6. The minimum Gasteiger partial charge on any atom is -0.454 e. The summed E-state index contributed by atoms with van der Waals surface area (Å²) in [5.74, 6) is -1.26. The Morgan fingerprint density at radius 2 is 1.64 bits per heavy atom. The third kappa shape index (κ3) is 5.46. The van der Waals surface area contributed by atoms with E-state index < -0.39 is 17.7 Å². The van der Waals surface area contributed by atoms with Crippen molar-refractivity contribution in [3.63, 3.8) is 0 Å². The number of hydrogen-bond donors (Lipinski definition) is 3. The van der Waals surface area contributed by atoms with Gasteiger partial charge in [-0.15, -0.1) is 0 Å². The van der Waals surface area contributed by atoms with Crippen LogP contribution in [-0.4, -0.2) is 30.7 Å². The summed E-state index contributed by atoms with van der Waals surface area (Å²) in [4.78, 5) is 37.1. The fourth-order valence-corrected chi connectivity index (χ4v) is 3.04. The second-order valence-corrected chi connectivity index (χ2v) is 7.21. The fourth-order valence-electron chi connectivity index (χ4n) is 2.91. The van der Waals surface area contributed by atoms with E-state index >= 15 is 0 Å². The number of rotatable bonds is 5. The number of fused-ring (bicyclic) bond motifs is 1. The Balaban J connectivity index is 1.37. The molecule has 0 bridgehead atoms.